The molecule has 1 aliphatic heterocycles. The van der Waals surface area contributed by atoms with Gasteiger partial charge in [0.1, 0.15) is 11.5 Å². The number of carbonyl (C=O) groups excluding carboxylic acids is 1. The van der Waals surface area contributed by atoms with Crippen molar-refractivity contribution in [3.05, 3.63) is 23.7 Å². The lowest BCUT2D eigenvalue weighted by atomic mass is 9.88. The summed E-state index contributed by atoms with van der Waals surface area (Å²) in [6, 6.07) is 3.05. The molecule has 0 aliphatic carbocycles. The molecule has 21 heavy (non-hydrogen) atoms. The van der Waals surface area contributed by atoms with Gasteiger partial charge in [-0.05, 0) is 6.92 Å². The zero-order valence-corrected chi connectivity index (χ0v) is 10.7. The van der Waals surface area contributed by atoms with E-state index in [1.54, 1.807) is 6.07 Å². The van der Waals surface area contributed by atoms with Crippen LogP contribution in [-0.4, -0.2) is 33.7 Å². The number of halogens is 3. The van der Waals surface area contributed by atoms with Gasteiger partial charge in [0.15, 0.2) is 11.3 Å². The van der Waals surface area contributed by atoms with Crippen molar-refractivity contribution < 1.29 is 18.0 Å². The van der Waals surface area contributed by atoms with Crippen molar-refractivity contribution in [2.24, 2.45) is 0 Å². The summed E-state index contributed by atoms with van der Waals surface area (Å²) in [5.74, 6) is 0. The van der Waals surface area contributed by atoms with Gasteiger partial charge >= 0.3 is 6.18 Å². The van der Waals surface area contributed by atoms with Gasteiger partial charge in [-0.1, -0.05) is 0 Å². The third-order valence-electron chi connectivity index (χ3n) is 3.65. The molecule has 0 saturated carbocycles. The van der Waals surface area contributed by atoms with E-state index in [-0.39, 0.29) is 22.7 Å². The Bertz CT molecular complexity index is 791. The van der Waals surface area contributed by atoms with Crippen LogP contribution in [0.4, 0.5) is 18.9 Å². The quantitative estimate of drug-likeness (QED) is 0.745. The number of hydrogen-bond acceptors (Lipinski definition) is 4. The third-order valence-corrected chi connectivity index (χ3v) is 3.65. The lowest BCUT2D eigenvalue weighted by molar-refractivity contribution is -0.181. The second-order valence-electron chi connectivity index (χ2n) is 4.97. The van der Waals surface area contributed by atoms with Crippen LogP contribution in [0.1, 0.15) is 18.3 Å². The second kappa shape index (κ2) is 3.94. The molecular formula is C12H8F3N5O. The summed E-state index contributed by atoms with van der Waals surface area (Å²) in [6.45, 7) is 0.459. The molecule has 2 aromatic rings. The Morgan fingerprint density at radius 3 is 2.81 bits per heavy atom. The first-order valence-electron chi connectivity index (χ1n) is 5.90. The van der Waals surface area contributed by atoms with Crippen molar-refractivity contribution in [3.63, 3.8) is 0 Å². The third kappa shape index (κ3) is 1.62. The standard InChI is InChI=1S/C12H8F3N5O/c1-11(12(13,14)15)5-19(6-21)8-4-17-9-2-7(3-16)18-20(9)10(8)11/h2,4,6H,5H2,1H3. The van der Waals surface area contributed by atoms with Gasteiger partial charge in [0.05, 0.1) is 17.6 Å². The molecule has 0 N–H and O–H groups in total. The first kappa shape index (κ1) is 13.4. The lowest BCUT2D eigenvalue weighted by Gasteiger charge is -2.27. The maximum absolute atomic E-state index is 13.5. The van der Waals surface area contributed by atoms with Crippen LogP contribution >= 0.6 is 0 Å². The minimum absolute atomic E-state index is 0.0371. The Morgan fingerprint density at radius 1 is 1.52 bits per heavy atom. The molecule has 9 heteroatoms. The van der Waals surface area contributed by atoms with E-state index in [9.17, 15) is 18.0 Å². The highest BCUT2D eigenvalue weighted by molar-refractivity contribution is 5.81. The van der Waals surface area contributed by atoms with Crippen LogP contribution < -0.4 is 4.90 Å². The maximum atomic E-state index is 13.5. The highest BCUT2D eigenvalue weighted by atomic mass is 19.4. The fraction of sp³-hybridized carbons (Fsp3) is 0.333. The van der Waals surface area contributed by atoms with Crippen LogP contribution in [-0.2, 0) is 10.2 Å². The van der Waals surface area contributed by atoms with Crippen molar-refractivity contribution in [1.82, 2.24) is 14.6 Å². The predicted octanol–water partition coefficient (Wildman–Crippen LogP) is 1.40. The van der Waals surface area contributed by atoms with Crippen LogP contribution in [0.15, 0.2) is 12.3 Å². The summed E-state index contributed by atoms with van der Waals surface area (Å²) in [5.41, 5.74) is -2.32. The van der Waals surface area contributed by atoms with E-state index in [0.717, 1.165) is 16.3 Å². The fourth-order valence-corrected chi connectivity index (χ4v) is 2.52. The monoisotopic (exact) mass is 295 g/mol. The van der Waals surface area contributed by atoms with Gasteiger partial charge in [-0.15, -0.1) is 0 Å². The second-order valence-corrected chi connectivity index (χ2v) is 4.97. The van der Waals surface area contributed by atoms with E-state index in [4.69, 9.17) is 5.26 Å². The smallest absolute Gasteiger partial charge is 0.311 e. The number of anilines is 1. The Morgan fingerprint density at radius 2 is 2.24 bits per heavy atom. The number of aromatic nitrogens is 3. The normalized spacial score (nSPS) is 21.4. The minimum Gasteiger partial charge on any atom is -0.311 e. The van der Waals surface area contributed by atoms with Gasteiger partial charge in [0.2, 0.25) is 6.41 Å². The van der Waals surface area contributed by atoms with Gasteiger partial charge in [-0.3, -0.25) is 4.79 Å². The minimum atomic E-state index is -4.58. The molecule has 0 aromatic carbocycles. The van der Waals surface area contributed by atoms with Crippen LogP contribution in [0.3, 0.4) is 0 Å². The molecule has 3 heterocycles. The van der Waals surface area contributed by atoms with Gasteiger partial charge in [0.25, 0.3) is 0 Å². The van der Waals surface area contributed by atoms with Crippen molar-refractivity contribution in [3.8, 4) is 6.07 Å². The predicted molar refractivity (Wildman–Crippen MR) is 64.5 cm³/mol. The number of rotatable bonds is 1. The number of nitrogens with zero attached hydrogens (tertiary/aromatic N) is 5. The average molecular weight is 295 g/mol. The van der Waals surface area contributed by atoms with E-state index in [1.165, 1.54) is 12.3 Å². The van der Waals surface area contributed by atoms with Gasteiger partial charge in [-0.25, -0.2) is 9.50 Å². The zero-order chi connectivity index (χ0) is 15.4. The Hall–Kier alpha value is -2.63. The van der Waals surface area contributed by atoms with Crippen LogP contribution in [0, 0.1) is 11.3 Å². The lowest BCUT2D eigenvalue weighted by Crippen LogP contribution is -2.44. The molecular weight excluding hydrogens is 287 g/mol. The number of alkyl halides is 3. The largest absolute Gasteiger partial charge is 0.401 e. The van der Waals surface area contributed by atoms with Crippen molar-refractivity contribution >= 4 is 17.7 Å². The highest BCUT2D eigenvalue weighted by Gasteiger charge is 2.59. The SMILES string of the molecule is CC1(C(F)(F)F)CN(C=O)c2cnc3cc(C#N)nn3c21. The molecule has 3 rings (SSSR count). The molecule has 2 aromatic heterocycles. The Kier molecular flexibility index (Phi) is 2.51. The van der Waals surface area contributed by atoms with E-state index in [1.807, 2.05) is 0 Å². The van der Waals surface area contributed by atoms with Crippen molar-refractivity contribution in [1.29, 1.82) is 5.26 Å². The fourth-order valence-electron chi connectivity index (χ4n) is 2.52. The molecule has 0 bridgehead atoms. The van der Waals surface area contributed by atoms with Crippen LogP contribution in [0.2, 0.25) is 0 Å². The van der Waals surface area contributed by atoms with Gasteiger partial charge in [-0.2, -0.15) is 23.5 Å². The van der Waals surface area contributed by atoms with E-state index in [2.05, 4.69) is 10.1 Å². The molecule has 1 unspecified atom stereocenters. The number of nitriles is 1. The molecule has 1 amide bonds. The maximum Gasteiger partial charge on any atom is 0.401 e. The Labute approximate surface area is 116 Å². The zero-order valence-electron chi connectivity index (χ0n) is 10.7. The van der Waals surface area contributed by atoms with Crippen molar-refractivity contribution in [2.75, 3.05) is 11.4 Å². The van der Waals surface area contributed by atoms with E-state index in [0.29, 0.717) is 6.41 Å². The Balaban J connectivity index is 2.39. The molecule has 1 aliphatic rings. The summed E-state index contributed by atoms with van der Waals surface area (Å²) in [5, 5.41) is 12.7. The number of carbonyl (C=O) groups is 1. The van der Waals surface area contributed by atoms with Crippen LogP contribution in [0.25, 0.3) is 5.65 Å². The summed E-state index contributed by atoms with van der Waals surface area (Å²) in [7, 11) is 0. The first-order valence-corrected chi connectivity index (χ1v) is 5.90. The highest BCUT2D eigenvalue weighted by Crippen LogP contribution is 2.49. The first-order chi connectivity index (χ1) is 9.81. The summed E-state index contributed by atoms with van der Waals surface area (Å²) in [6.07, 6.45) is -3.05. The van der Waals surface area contributed by atoms with E-state index < -0.39 is 18.1 Å². The molecule has 1 atom stereocenters. The summed E-state index contributed by atoms with van der Waals surface area (Å²) < 4.78 is 41.4. The van der Waals surface area contributed by atoms with Crippen LogP contribution in [0.5, 0.6) is 0 Å². The molecule has 6 nitrogen and oxygen atoms in total. The molecule has 0 fully saturated rings. The number of amides is 1. The summed E-state index contributed by atoms with van der Waals surface area (Å²) >= 11 is 0. The van der Waals surface area contributed by atoms with Gasteiger partial charge < -0.3 is 4.90 Å². The molecule has 0 radical (unpaired) electrons. The van der Waals surface area contributed by atoms with Crippen molar-refractivity contribution in [2.45, 2.75) is 18.5 Å². The van der Waals surface area contributed by atoms with E-state index >= 15 is 0 Å². The topological polar surface area (TPSA) is 74.3 Å². The summed E-state index contributed by atoms with van der Waals surface area (Å²) in [4.78, 5) is 15.9. The average Bonchev–Trinajstić information content (AvgIpc) is 2.96. The molecule has 0 saturated heterocycles. The molecule has 0 spiro atoms. The number of fused-ring (bicyclic) bond motifs is 3. The number of hydrogen-bond donors (Lipinski definition) is 0. The molecule has 108 valence electrons. The van der Waals surface area contributed by atoms with Gasteiger partial charge in [0, 0.05) is 12.6 Å².